The van der Waals surface area contributed by atoms with Crippen molar-refractivity contribution in [2.24, 2.45) is 11.8 Å². The third-order valence-electron chi connectivity index (χ3n) is 9.13. The average Bonchev–Trinajstić information content (AvgIpc) is 3.06. The van der Waals surface area contributed by atoms with E-state index in [4.69, 9.17) is 4.98 Å². The molecule has 0 aliphatic carbocycles. The first-order chi connectivity index (χ1) is 21.8. The minimum Gasteiger partial charge on any atom is -0.512 e. The molecule has 0 atom stereocenters. The molecular weight excluding hydrogens is 745 g/mol. The Bertz CT molecular complexity index is 1820. The van der Waals surface area contributed by atoms with Crippen LogP contribution in [0.5, 0.6) is 0 Å². The van der Waals surface area contributed by atoms with Gasteiger partial charge in [-0.15, -0.1) is 23.8 Å². The summed E-state index contributed by atoms with van der Waals surface area (Å²) in [6.45, 7) is 12.6. The Kier molecular flexibility index (Phi) is 11.9. The number of rotatable bonds is 9. The number of anilines is 3. The quantitative estimate of drug-likeness (QED) is 0.0900. The molecule has 0 fully saturated rings. The fourth-order valence-corrected chi connectivity index (χ4v) is 6.46. The second-order valence-corrected chi connectivity index (χ2v) is 12.2. The van der Waals surface area contributed by atoms with E-state index >= 15 is 0 Å². The smallest absolute Gasteiger partial charge is 0.162 e. The predicted octanol–water partition coefficient (Wildman–Crippen LogP) is 11.6. The molecule has 241 valence electrons. The summed E-state index contributed by atoms with van der Waals surface area (Å²) in [5.74, 6) is 0.982. The molecule has 46 heavy (non-hydrogen) atoms. The molecule has 2 heterocycles. The number of carbonyl (C=O) groups excluding carboxylic acids is 1. The number of hydrogen-bond acceptors (Lipinski definition) is 4. The molecule has 1 aliphatic rings. The van der Waals surface area contributed by atoms with E-state index in [1.165, 1.54) is 33.5 Å². The molecule has 0 saturated carbocycles. The largest absolute Gasteiger partial charge is 0.512 e. The molecule has 0 unspecified atom stereocenters. The monoisotopic (exact) mass is 790 g/mol. The number of nitrogens with zero attached hydrogens (tertiary/aromatic N) is 2. The van der Waals surface area contributed by atoms with Crippen molar-refractivity contribution in [3.63, 3.8) is 0 Å². The van der Waals surface area contributed by atoms with Gasteiger partial charge < -0.3 is 10.0 Å². The summed E-state index contributed by atoms with van der Waals surface area (Å²) >= 11 is 0. The maximum atomic E-state index is 11.7. The molecule has 0 bridgehead atoms. The minimum atomic E-state index is 0. The van der Waals surface area contributed by atoms with Crippen LogP contribution in [0.2, 0.25) is 0 Å². The van der Waals surface area contributed by atoms with Crippen LogP contribution in [0.15, 0.2) is 96.8 Å². The molecule has 5 heteroatoms. The number of fused-ring (bicyclic) bond motifs is 3. The Morgan fingerprint density at radius 2 is 1.52 bits per heavy atom. The van der Waals surface area contributed by atoms with E-state index in [-0.39, 0.29) is 43.5 Å². The van der Waals surface area contributed by atoms with Crippen molar-refractivity contribution in [1.82, 2.24) is 4.98 Å². The van der Waals surface area contributed by atoms with Crippen LogP contribution in [0, 0.1) is 17.9 Å². The number of aliphatic hydroxyl groups is 1. The van der Waals surface area contributed by atoms with Crippen LogP contribution in [0.3, 0.4) is 0 Å². The van der Waals surface area contributed by atoms with Gasteiger partial charge in [-0.3, -0.25) is 9.78 Å². The number of ketones is 1. The van der Waals surface area contributed by atoms with Crippen LogP contribution in [0.25, 0.3) is 32.9 Å². The van der Waals surface area contributed by atoms with Crippen LogP contribution in [-0.2, 0) is 24.9 Å². The maximum Gasteiger partial charge on any atom is 0.162 e. The molecule has 4 aromatic carbocycles. The summed E-state index contributed by atoms with van der Waals surface area (Å²) in [6.07, 6.45) is 4.91. The van der Waals surface area contributed by atoms with E-state index in [0.29, 0.717) is 5.92 Å². The van der Waals surface area contributed by atoms with Gasteiger partial charge in [0.05, 0.1) is 11.3 Å². The van der Waals surface area contributed by atoms with Gasteiger partial charge in [-0.1, -0.05) is 94.8 Å². The number of benzene rings is 4. The van der Waals surface area contributed by atoms with Crippen molar-refractivity contribution in [3.05, 3.63) is 108 Å². The molecule has 1 aromatic heterocycles. The summed E-state index contributed by atoms with van der Waals surface area (Å²) in [7, 11) is 0. The zero-order valence-corrected chi connectivity index (χ0v) is 30.2. The third-order valence-corrected chi connectivity index (χ3v) is 9.13. The van der Waals surface area contributed by atoms with Crippen LogP contribution in [-0.4, -0.2) is 15.9 Å². The number of hydrogen-bond donors (Lipinski definition) is 1. The summed E-state index contributed by atoms with van der Waals surface area (Å²) < 4.78 is 0. The standard InChI is InChI=1S/C28H21N2.C13H24O2.Ir/c1-18(2)21-13-8-15-24-23(21)17-26-28(29-24)22-14-6-9-19-10-7-16-25(27(19)22)30(26)20-11-4-3-5-12-20;1-5-10(6-2)12(14)9-13(15)11(7-3)8-4;/h3-13,15-18H,1-2H3;9-11,14H,5-8H2,1-4H3;/q-1;;/b;12-9-;. The van der Waals surface area contributed by atoms with Crippen molar-refractivity contribution in [3.8, 4) is 11.3 Å². The summed E-state index contributed by atoms with van der Waals surface area (Å²) in [6, 6.07) is 33.5. The van der Waals surface area contributed by atoms with Gasteiger partial charge in [-0.25, -0.2) is 0 Å². The van der Waals surface area contributed by atoms with E-state index in [2.05, 4.69) is 104 Å². The van der Waals surface area contributed by atoms with Gasteiger partial charge in [0, 0.05) is 66.2 Å². The molecule has 4 nitrogen and oxygen atoms in total. The summed E-state index contributed by atoms with van der Waals surface area (Å²) in [4.78, 5) is 19.3. The average molecular weight is 790 g/mol. The van der Waals surface area contributed by atoms with Gasteiger partial charge in [0.25, 0.3) is 0 Å². The fourth-order valence-electron chi connectivity index (χ4n) is 6.46. The zero-order chi connectivity index (χ0) is 32.1. The number of aromatic nitrogens is 1. The molecule has 5 aromatic rings. The summed E-state index contributed by atoms with van der Waals surface area (Å²) in [5.41, 5.74) is 7.89. The maximum absolute atomic E-state index is 11.7. The van der Waals surface area contributed by atoms with Crippen molar-refractivity contribution >= 4 is 44.5 Å². The SMILES string of the molecule is CC(C)c1cccc2nc3c(cc12)N(c1ccccc1)c1cccc2cc[c-]c-3c12.CCC(CC)C(=O)/C=C(\O)C(CC)CC.[Ir]. The van der Waals surface area contributed by atoms with E-state index in [1.54, 1.807) is 0 Å². The Labute approximate surface area is 287 Å². The van der Waals surface area contributed by atoms with E-state index < -0.39 is 0 Å². The van der Waals surface area contributed by atoms with Crippen molar-refractivity contribution < 1.29 is 30.0 Å². The number of allylic oxidation sites excluding steroid dienone is 2. The number of carbonyl (C=O) groups is 1. The van der Waals surface area contributed by atoms with Gasteiger partial charge >= 0.3 is 0 Å². The van der Waals surface area contributed by atoms with E-state index in [9.17, 15) is 9.90 Å². The number of pyridine rings is 1. The predicted molar refractivity (Wildman–Crippen MR) is 190 cm³/mol. The molecule has 0 saturated heterocycles. The first kappa shape index (κ1) is 35.1. The Balaban J connectivity index is 0.000000259. The second kappa shape index (κ2) is 15.7. The normalized spacial score (nSPS) is 12.3. The molecular formula is C41H45IrN2O2-. The number of aliphatic hydroxyl groups excluding tert-OH is 1. The zero-order valence-electron chi connectivity index (χ0n) is 27.8. The Hall–Kier alpha value is -3.79. The van der Waals surface area contributed by atoms with Gasteiger partial charge in [-0.05, 0) is 67.5 Å². The van der Waals surface area contributed by atoms with E-state index in [1.807, 2.05) is 33.8 Å². The Morgan fingerprint density at radius 3 is 2.17 bits per heavy atom. The fraction of sp³-hybridized carbons (Fsp3) is 0.317. The third kappa shape index (κ3) is 6.96. The van der Waals surface area contributed by atoms with Gasteiger partial charge in [-0.2, -0.15) is 0 Å². The molecule has 0 amide bonds. The van der Waals surface area contributed by atoms with Gasteiger partial charge in [0.15, 0.2) is 5.78 Å². The molecule has 0 spiro atoms. The van der Waals surface area contributed by atoms with Crippen molar-refractivity contribution in [2.45, 2.75) is 73.1 Å². The summed E-state index contributed by atoms with van der Waals surface area (Å²) in [5, 5.41) is 13.4. The number of para-hydroxylation sites is 1. The molecule has 6 rings (SSSR count). The second-order valence-electron chi connectivity index (χ2n) is 12.2. The minimum absolute atomic E-state index is 0. The van der Waals surface area contributed by atoms with E-state index in [0.717, 1.165) is 53.8 Å². The van der Waals surface area contributed by atoms with Crippen LogP contribution in [0.4, 0.5) is 17.1 Å². The molecule has 1 N–H and O–H groups in total. The molecule has 1 radical (unpaired) electrons. The molecule has 1 aliphatic heterocycles. The first-order valence-corrected chi connectivity index (χ1v) is 16.5. The van der Waals surface area contributed by atoms with Gasteiger partial charge in [0.1, 0.15) is 0 Å². The van der Waals surface area contributed by atoms with Crippen LogP contribution >= 0.6 is 0 Å². The first-order valence-electron chi connectivity index (χ1n) is 16.5. The van der Waals surface area contributed by atoms with Crippen LogP contribution < -0.4 is 4.90 Å². The van der Waals surface area contributed by atoms with Crippen LogP contribution in [0.1, 0.15) is 78.7 Å². The van der Waals surface area contributed by atoms with Crippen molar-refractivity contribution in [1.29, 1.82) is 0 Å². The van der Waals surface area contributed by atoms with Gasteiger partial charge in [0.2, 0.25) is 0 Å². The Morgan fingerprint density at radius 1 is 0.848 bits per heavy atom. The topological polar surface area (TPSA) is 53.4 Å². The van der Waals surface area contributed by atoms with Crippen molar-refractivity contribution in [2.75, 3.05) is 4.90 Å².